The van der Waals surface area contributed by atoms with Crippen LogP contribution in [0.3, 0.4) is 0 Å². The molecule has 0 atom stereocenters. The van der Waals surface area contributed by atoms with Crippen molar-refractivity contribution in [1.82, 2.24) is 9.97 Å². The van der Waals surface area contributed by atoms with E-state index in [1.807, 2.05) is 13.8 Å². The molecule has 0 saturated carbocycles. The predicted molar refractivity (Wildman–Crippen MR) is 81.9 cm³/mol. The molecule has 0 radical (unpaired) electrons. The van der Waals surface area contributed by atoms with Gasteiger partial charge in [0.25, 0.3) is 0 Å². The molecule has 0 fully saturated rings. The zero-order valence-corrected chi connectivity index (χ0v) is 12.5. The fraction of sp³-hybridized carbons (Fsp3) is 0.429. The van der Waals surface area contributed by atoms with Crippen LogP contribution in [-0.4, -0.2) is 16.5 Å². The molecule has 2 aromatic rings. The maximum absolute atomic E-state index is 4.48. The summed E-state index contributed by atoms with van der Waals surface area (Å²) in [6.45, 7) is 7.86. The molecule has 0 spiro atoms. The molecule has 0 aromatic carbocycles. The average molecular weight is 276 g/mol. The number of anilines is 2. The van der Waals surface area contributed by atoms with Crippen LogP contribution in [0.2, 0.25) is 0 Å². The van der Waals surface area contributed by atoms with E-state index in [1.165, 1.54) is 4.88 Å². The van der Waals surface area contributed by atoms with Crippen LogP contribution in [0, 0.1) is 13.8 Å². The van der Waals surface area contributed by atoms with Crippen molar-refractivity contribution < 1.29 is 0 Å². The van der Waals surface area contributed by atoms with Crippen molar-refractivity contribution in [3.63, 3.8) is 0 Å². The fourth-order valence-electron chi connectivity index (χ4n) is 1.80. The van der Waals surface area contributed by atoms with Crippen LogP contribution in [-0.2, 0) is 6.54 Å². The van der Waals surface area contributed by atoms with Crippen molar-refractivity contribution in [2.45, 2.75) is 33.7 Å². The molecule has 0 bridgehead atoms. The van der Waals surface area contributed by atoms with Crippen molar-refractivity contribution in [3.8, 4) is 0 Å². The summed E-state index contributed by atoms with van der Waals surface area (Å²) in [6, 6.07) is 4.19. The van der Waals surface area contributed by atoms with E-state index >= 15 is 0 Å². The van der Waals surface area contributed by atoms with Crippen molar-refractivity contribution in [1.29, 1.82) is 0 Å². The number of aryl methyl sites for hydroxylation is 1. The van der Waals surface area contributed by atoms with Crippen LogP contribution < -0.4 is 10.6 Å². The predicted octanol–water partition coefficient (Wildman–Crippen LogP) is 3.59. The molecule has 2 rings (SSSR count). The summed E-state index contributed by atoms with van der Waals surface area (Å²) in [4.78, 5) is 10.2. The molecule has 2 N–H and O–H groups in total. The van der Waals surface area contributed by atoms with E-state index in [9.17, 15) is 0 Å². The van der Waals surface area contributed by atoms with Crippen molar-refractivity contribution in [2.75, 3.05) is 17.2 Å². The second-order valence-corrected chi connectivity index (χ2v) is 5.48. The highest BCUT2D eigenvalue weighted by molar-refractivity contribution is 7.09. The number of nitrogens with one attached hydrogen (secondary N) is 2. The van der Waals surface area contributed by atoms with E-state index in [0.717, 1.165) is 42.5 Å². The molecule has 0 aliphatic rings. The fourth-order valence-corrected chi connectivity index (χ4v) is 2.44. The van der Waals surface area contributed by atoms with Gasteiger partial charge in [-0.3, -0.25) is 0 Å². The highest BCUT2D eigenvalue weighted by atomic mass is 32.1. The highest BCUT2D eigenvalue weighted by Gasteiger charge is 2.08. The Balaban J connectivity index is 2.12. The largest absolute Gasteiger partial charge is 0.370 e. The number of nitrogens with zero attached hydrogens (tertiary/aromatic N) is 2. The quantitative estimate of drug-likeness (QED) is 0.846. The van der Waals surface area contributed by atoms with Gasteiger partial charge in [0, 0.05) is 17.0 Å². The third-order valence-corrected chi connectivity index (χ3v) is 3.69. The second kappa shape index (κ2) is 6.52. The van der Waals surface area contributed by atoms with E-state index in [0.29, 0.717) is 0 Å². The van der Waals surface area contributed by atoms with Crippen molar-refractivity contribution >= 4 is 23.0 Å². The SMILES string of the molecule is CCCNc1nc(C)nc(NCc2cccs2)c1C. The average Bonchev–Trinajstić information content (AvgIpc) is 2.91. The third kappa shape index (κ3) is 3.67. The molecule has 2 heterocycles. The Morgan fingerprint density at radius 3 is 2.53 bits per heavy atom. The van der Waals surface area contributed by atoms with Crippen LogP contribution >= 0.6 is 11.3 Å². The molecule has 0 aliphatic carbocycles. The summed E-state index contributed by atoms with van der Waals surface area (Å²) < 4.78 is 0. The lowest BCUT2D eigenvalue weighted by Gasteiger charge is -2.13. The Bertz CT molecular complexity index is 522. The summed E-state index contributed by atoms with van der Waals surface area (Å²) in [6.07, 6.45) is 1.08. The zero-order valence-electron chi connectivity index (χ0n) is 11.7. The highest BCUT2D eigenvalue weighted by Crippen LogP contribution is 2.21. The van der Waals surface area contributed by atoms with Gasteiger partial charge in [0.1, 0.15) is 17.5 Å². The van der Waals surface area contributed by atoms with Gasteiger partial charge in [-0.2, -0.15) is 0 Å². The lowest BCUT2D eigenvalue weighted by Crippen LogP contribution is -2.10. The monoisotopic (exact) mass is 276 g/mol. The molecule has 0 saturated heterocycles. The molecule has 102 valence electrons. The van der Waals surface area contributed by atoms with Crippen LogP contribution in [0.5, 0.6) is 0 Å². The first-order valence-electron chi connectivity index (χ1n) is 6.56. The summed E-state index contributed by atoms with van der Waals surface area (Å²) in [5.74, 6) is 2.64. The minimum absolute atomic E-state index is 0.790. The Kier molecular flexibility index (Phi) is 4.74. The molecule has 0 aliphatic heterocycles. The van der Waals surface area contributed by atoms with E-state index in [2.05, 4.69) is 45.0 Å². The van der Waals surface area contributed by atoms with E-state index in [4.69, 9.17) is 0 Å². The first-order chi connectivity index (χ1) is 9.20. The van der Waals surface area contributed by atoms with Gasteiger partial charge >= 0.3 is 0 Å². The van der Waals surface area contributed by atoms with Gasteiger partial charge in [-0.05, 0) is 31.7 Å². The third-order valence-electron chi connectivity index (χ3n) is 2.81. The van der Waals surface area contributed by atoms with Gasteiger partial charge < -0.3 is 10.6 Å². The minimum Gasteiger partial charge on any atom is -0.370 e. The molecule has 2 aromatic heterocycles. The van der Waals surface area contributed by atoms with E-state index in [-0.39, 0.29) is 0 Å². The molecule has 19 heavy (non-hydrogen) atoms. The van der Waals surface area contributed by atoms with E-state index in [1.54, 1.807) is 11.3 Å². The Morgan fingerprint density at radius 1 is 1.16 bits per heavy atom. The molecular formula is C14H20N4S. The van der Waals surface area contributed by atoms with Crippen molar-refractivity contribution in [3.05, 3.63) is 33.8 Å². The Labute approximate surface area is 118 Å². The minimum atomic E-state index is 0.790. The number of hydrogen-bond acceptors (Lipinski definition) is 5. The maximum atomic E-state index is 4.48. The van der Waals surface area contributed by atoms with Crippen LogP contribution in [0.4, 0.5) is 11.6 Å². The number of thiophene rings is 1. The first kappa shape index (κ1) is 13.8. The number of aromatic nitrogens is 2. The second-order valence-electron chi connectivity index (χ2n) is 4.45. The normalized spacial score (nSPS) is 10.5. The van der Waals surface area contributed by atoms with Gasteiger partial charge in [-0.25, -0.2) is 9.97 Å². The van der Waals surface area contributed by atoms with Crippen LogP contribution in [0.25, 0.3) is 0 Å². The molecular weight excluding hydrogens is 256 g/mol. The van der Waals surface area contributed by atoms with Crippen molar-refractivity contribution in [2.24, 2.45) is 0 Å². The lowest BCUT2D eigenvalue weighted by molar-refractivity contribution is 0.943. The van der Waals surface area contributed by atoms with Gasteiger partial charge in [0.15, 0.2) is 0 Å². The number of hydrogen-bond donors (Lipinski definition) is 2. The summed E-state index contributed by atoms with van der Waals surface area (Å²) in [5.41, 5.74) is 1.08. The zero-order chi connectivity index (χ0) is 13.7. The van der Waals surface area contributed by atoms with Gasteiger partial charge in [0.2, 0.25) is 0 Å². The molecule has 0 amide bonds. The summed E-state index contributed by atoms with van der Waals surface area (Å²) >= 11 is 1.75. The first-order valence-corrected chi connectivity index (χ1v) is 7.44. The van der Waals surface area contributed by atoms with Crippen LogP contribution in [0.1, 0.15) is 29.6 Å². The summed E-state index contributed by atoms with van der Waals surface area (Å²) in [5, 5.41) is 8.83. The van der Waals surface area contributed by atoms with Gasteiger partial charge in [-0.15, -0.1) is 11.3 Å². The molecule has 5 heteroatoms. The summed E-state index contributed by atoms with van der Waals surface area (Å²) in [7, 11) is 0. The maximum Gasteiger partial charge on any atom is 0.135 e. The standard InChI is InChI=1S/C14H20N4S/c1-4-7-15-13-10(2)14(18-11(3)17-13)16-9-12-6-5-8-19-12/h5-6,8H,4,7,9H2,1-3H3,(H2,15,16,17,18). The van der Waals surface area contributed by atoms with Crippen LogP contribution in [0.15, 0.2) is 17.5 Å². The lowest BCUT2D eigenvalue weighted by atomic mass is 10.3. The molecule has 4 nitrogen and oxygen atoms in total. The van der Waals surface area contributed by atoms with E-state index < -0.39 is 0 Å². The topological polar surface area (TPSA) is 49.8 Å². The number of rotatable bonds is 6. The Hall–Kier alpha value is -1.62. The molecule has 0 unspecified atom stereocenters. The van der Waals surface area contributed by atoms with Gasteiger partial charge in [0.05, 0.1) is 6.54 Å². The van der Waals surface area contributed by atoms with Gasteiger partial charge in [-0.1, -0.05) is 13.0 Å². The smallest absolute Gasteiger partial charge is 0.135 e. The Morgan fingerprint density at radius 2 is 1.89 bits per heavy atom.